The molecule has 15 heavy (non-hydrogen) atoms. The summed E-state index contributed by atoms with van der Waals surface area (Å²) in [5.41, 5.74) is 1.28. The first-order chi connectivity index (χ1) is 6.87. The lowest BCUT2D eigenvalue weighted by molar-refractivity contribution is -0.123. The third-order valence-electron chi connectivity index (χ3n) is 6.32. The molecule has 0 radical (unpaired) electrons. The molecule has 1 unspecified atom stereocenters. The average Bonchev–Trinajstić information content (AvgIpc) is 2.52. The van der Waals surface area contributed by atoms with Crippen LogP contribution >= 0.6 is 0 Å². The second kappa shape index (κ2) is 2.33. The molecule has 4 atom stereocenters. The zero-order valence-electron chi connectivity index (χ0n) is 10.4. The van der Waals surface area contributed by atoms with Crippen molar-refractivity contribution in [2.45, 2.75) is 53.4 Å². The number of rotatable bonds is 0. The van der Waals surface area contributed by atoms with Crippen LogP contribution < -0.4 is 0 Å². The monoisotopic (exact) mass is 206 g/mol. The van der Waals surface area contributed by atoms with Gasteiger partial charge in [-0.05, 0) is 35.0 Å². The largest absolute Gasteiger partial charge is 0.299 e. The number of fused-ring (bicyclic) bond motifs is 1. The predicted octanol–water partition coefficient (Wildman–Crippen LogP) is 3.43. The van der Waals surface area contributed by atoms with E-state index >= 15 is 0 Å². The van der Waals surface area contributed by atoms with E-state index < -0.39 is 0 Å². The van der Waals surface area contributed by atoms with Gasteiger partial charge in [-0.25, -0.2) is 0 Å². The Balaban J connectivity index is 2.08. The first-order valence-corrected chi connectivity index (χ1v) is 6.40. The molecule has 1 heteroatoms. The van der Waals surface area contributed by atoms with Crippen molar-refractivity contribution in [3.8, 4) is 0 Å². The summed E-state index contributed by atoms with van der Waals surface area (Å²) in [4.78, 5) is 11.9. The van der Waals surface area contributed by atoms with Crippen molar-refractivity contribution >= 4 is 5.78 Å². The number of ketones is 1. The topological polar surface area (TPSA) is 17.1 Å². The van der Waals surface area contributed by atoms with E-state index in [4.69, 9.17) is 0 Å². The van der Waals surface area contributed by atoms with Gasteiger partial charge in [0.25, 0.3) is 0 Å². The van der Waals surface area contributed by atoms with Crippen molar-refractivity contribution in [3.63, 3.8) is 0 Å². The molecule has 0 aromatic carbocycles. The molecule has 0 bridgehead atoms. The lowest BCUT2D eigenvalue weighted by Gasteiger charge is -2.42. The van der Waals surface area contributed by atoms with Gasteiger partial charge in [-0.2, -0.15) is 0 Å². The van der Waals surface area contributed by atoms with E-state index in [0.717, 1.165) is 6.42 Å². The van der Waals surface area contributed by atoms with Crippen LogP contribution in [0.4, 0.5) is 0 Å². The lowest BCUT2D eigenvalue weighted by atomic mass is 9.62. The highest BCUT2D eigenvalue weighted by molar-refractivity contribution is 5.87. The van der Waals surface area contributed by atoms with E-state index in [1.165, 1.54) is 19.3 Å². The van der Waals surface area contributed by atoms with E-state index in [2.05, 4.69) is 27.7 Å². The van der Waals surface area contributed by atoms with E-state index in [-0.39, 0.29) is 0 Å². The molecular weight excluding hydrogens is 184 g/mol. The summed E-state index contributed by atoms with van der Waals surface area (Å²) < 4.78 is 0. The maximum atomic E-state index is 11.9. The summed E-state index contributed by atoms with van der Waals surface area (Å²) in [6.45, 7) is 9.41. The Hall–Kier alpha value is -0.330. The second-order valence-corrected chi connectivity index (χ2v) is 7.04. The minimum atomic E-state index is 0.340. The maximum absolute atomic E-state index is 11.9. The molecule has 0 aromatic rings. The van der Waals surface area contributed by atoms with Crippen molar-refractivity contribution < 1.29 is 4.79 Å². The zero-order valence-corrected chi connectivity index (χ0v) is 10.4. The molecule has 0 heterocycles. The quantitative estimate of drug-likeness (QED) is 0.593. The van der Waals surface area contributed by atoms with E-state index in [1.54, 1.807) is 0 Å². The molecule has 1 nitrogen and oxygen atoms in total. The Morgan fingerprint density at radius 3 is 2.53 bits per heavy atom. The third kappa shape index (κ3) is 0.786. The first kappa shape index (κ1) is 9.86. The SMILES string of the molecule is C[C@H]1C(=O)C[C@]23C1[C@@]2(C)CCCC3(C)C. The summed E-state index contributed by atoms with van der Waals surface area (Å²) in [6, 6.07) is 0. The van der Waals surface area contributed by atoms with Gasteiger partial charge in [0.05, 0.1) is 0 Å². The summed E-state index contributed by atoms with van der Waals surface area (Å²) in [5, 5.41) is 0. The molecule has 3 fully saturated rings. The van der Waals surface area contributed by atoms with E-state index in [9.17, 15) is 4.79 Å². The fourth-order valence-corrected chi connectivity index (χ4v) is 5.64. The van der Waals surface area contributed by atoms with Crippen LogP contribution in [0.15, 0.2) is 0 Å². The molecule has 3 aliphatic carbocycles. The second-order valence-electron chi connectivity index (χ2n) is 7.04. The van der Waals surface area contributed by atoms with Crippen LogP contribution in [0.5, 0.6) is 0 Å². The number of Topliss-reactive ketones (excluding diaryl/α,β-unsaturated/α-hetero) is 1. The minimum Gasteiger partial charge on any atom is -0.299 e. The highest BCUT2D eigenvalue weighted by Gasteiger charge is 2.83. The van der Waals surface area contributed by atoms with Crippen LogP contribution in [0.25, 0.3) is 0 Å². The molecule has 0 aromatic heterocycles. The van der Waals surface area contributed by atoms with Gasteiger partial charge in [0, 0.05) is 12.3 Å². The molecule has 0 amide bonds. The Labute approximate surface area is 92.6 Å². The molecular formula is C14H22O. The van der Waals surface area contributed by atoms with Crippen molar-refractivity contribution in [2.24, 2.45) is 28.1 Å². The van der Waals surface area contributed by atoms with Crippen LogP contribution in [0.3, 0.4) is 0 Å². The predicted molar refractivity (Wildman–Crippen MR) is 60.5 cm³/mol. The minimum absolute atomic E-state index is 0.340. The van der Waals surface area contributed by atoms with Gasteiger partial charge in [0.15, 0.2) is 0 Å². The highest BCUT2D eigenvalue weighted by atomic mass is 16.1. The summed E-state index contributed by atoms with van der Waals surface area (Å²) in [6.07, 6.45) is 4.92. The van der Waals surface area contributed by atoms with Gasteiger partial charge in [-0.1, -0.05) is 34.1 Å². The zero-order chi connectivity index (χ0) is 11.1. The van der Waals surface area contributed by atoms with Crippen molar-refractivity contribution in [1.29, 1.82) is 0 Å². The van der Waals surface area contributed by atoms with Crippen molar-refractivity contribution in [3.05, 3.63) is 0 Å². The van der Waals surface area contributed by atoms with Crippen LogP contribution in [0, 0.1) is 28.1 Å². The van der Waals surface area contributed by atoms with Gasteiger partial charge in [0.2, 0.25) is 0 Å². The number of carbonyl (C=O) groups excluding carboxylic acids is 1. The fourth-order valence-electron chi connectivity index (χ4n) is 5.64. The van der Waals surface area contributed by atoms with Crippen LogP contribution in [-0.2, 0) is 4.79 Å². The molecule has 3 rings (SSSR count). The van der Waals surface area contributed by atoms with E-state index in [0.29, 0.717) is 33.9 Å². The van der Waals surface area contributed by atoms with Crippen LogP contribution in [-0.4, -0.2) is 5.78 Å². The molecule has 0 N–H and O–H groups in total. The Morgan fingerprint density at radius 2 is 1.87 bits per heavy atom. The average molecular weight is 206 g/mol. The Kier molecular flexibility index (Phi) is 1.53. The Morgan fingerprint density at radius 1 is 1.20 bits per heavy atom. The molecule has 3 saturated carbocycles. The van der Waals surface area contributed by atoms with Crippen molar-refractivity contribution in [1.82, 2.24) is 0 Å². The number of hydrogen-bond donors (Lipinski definition) is 0. The number of carbonyl (C=O) groups is 1. The van der Waals surface area contributed by atoms with Crippen LogP contribution in [0.2, 0.25) is 0 Å². The van der Waals surface area contributed by atoms with Gasteiger partial charge in [0.1, 0.15) is 5.78 Å². The molecule has 3 aliphatic rings. The summed E-state index contributed by atoms with van der Waals surface area (Å²) in [7, 11) is 0. The van der Waals surface area contributed by atoms with Crippen molar-refractivity contribution in [2.75, 3.05) is 0 Å². The third-order valence-corrected chi connectivity index (χ3v) is 6.32. The molecule has 0 aliphatic heterocycles. The summed E-state index contributed by atoms with van der Waals surface area (Å²) in [5.74, 6) is 1.58. The number of hydrogen-bond acceptors (Lipinski definition) is 1. The fraction of sp³-hybridized carbons (Fsp3) is 0.929. The smallest absolute Gasteiger partial charge is 0.136 e. The van der Waals surface area contributed by atoms with Crippen LogP contribution in [0.1, 0.15) is 53.4 Å². The lowest BCUT2D eigenvalue weighted by Crippen LogP contribution is -2.35. The normalized spacial score (nSPS) is 56.1. The van der Waals surface area contributed by atoms with E-state index in [1.807, 2.05) is 0 Å². The van der Waals surface area contributed by atoms with Gasteiger partial charge in [-0.15, -0.1) is 0 Å². The van der Waals surface area contributed by atoms with Gasteiger partial charge in [-0.3, -0.25) is 4.79 Å². The first-order valence-electron chi connectivity index (χ1n) is 6.40. The van der Waals surface area contributed by atoms with Gasteiger partial charge >= 0.3 is 0 Å². The molecule has 84 valence electrons. The Bertz CT molecular complexity index is 343. The standard InChI is InChI=1S/C14H22O/c1-9-10(15)8-14-11(9)13(14,4)7-5-6-12(14,2)3/h9,11H,5-8H2,1-4H3/t9-,11?,13+,14+/m0/s1. The molecule has 1 spiro atoms. The van der Waals surface area contributed by atoms with Gasteiger partial charge < -0.3 is 0 Å². The molecule has 0 saturated heterocycles. The highest BCUT2D eigenvalue weighted by Crippen LogP contribution is 2.87. The maximum Gasteiger partial charge on any atom is 0.136 e. The summed E-state index contributed by atoms with van der Waals surface area (Å²) >= 11 is 0.